The van der Waals surface area contributed by atoms with Gasteiger partial charge in [0.15, 0.2) is 9.84 Å². The van der Waals surface area contributed by atoms with Gasteiger partial charge in [0.05, 0.1) is 9.79 Å². The van der Waals surface area contributed by atoms with Crippen molar-refractivity contribution >= 4 is 31.2 Å². The van der Waals surface area contributed by atoms with Gasteiger partial charge in [-0.25, -0.2) is 25.9 Å². The van der Waals surface area contributed by atoms with Gasteiger partial charge >= 0.3 is 0 Å². The van der Waals surface area contributed by atoms with E-state index in [0.29, 0.717) is 4.88 Å². The third kappa shape index (κ3) is 4.49. The number of hydrogen-bond donors (Lipinski definition) is 1. The van der Waals surface area contributed by atoms with Crippen LogP contribution in [-0.4, -0.2) is 23.4 Å². The molecule has 0 aliphatic rings. The number of sulfonamides is 1. The summed E-state index contributed by atoms with van der Waals surface area (Å²) in [6.07, 6.45) is 0. The Hall–Kier alpha value is -2.07. The highest BCUT2D eigenvalue weighted by Gasteiger charge is 2.31. The molecule has 5 nitrogen and oxygen atoms in total. The van der Waals surface area contributed by atoms with E-state index < -0.39 is 30.9 Å². The van der Waals surface area contributed by atoms with Gasteiger partial charge < -0.3 is 0 Å². The molecule has 148 valence electrons. The van der Waals surface area contributed by atoms with Crippen LogP contribution >= 0.6 is 11.3 Å². The number of hydrogen-bond acceptors (Lipinski definition) is 5. The highest BCUT2D eigenvalue weighted by molar-refractivity contribution is 7.92. The van der Waals surface area contributed by atoms with Crippen LogP contribution in [0.1, 0.15) is 15.7 Å². The van der Waals surface area contributed by atoms with Crippen LogP contribution in [0.2, 0.25) is 0 Å². The van der Waals surface area contributed by atoms with Crippen molar-refractivity contribution in [1.29, 1.82) is 0 Å². The van der Waals surface area contributed by atoms with Crippen LogP contribution in [0.5, 0.6) is 0 Å². The molecule has 0 amide bonds. The zero-order valence-electron chi connectivity index (χ0n) is 14.9. The zero-order chi connectivity index (χ0) is 20.4. The summed E-state index contributed by atoms with van der Waals surface area (Å²) in [5, 5.41) is 0.659. The molecule has 0 spiro atoms. The van der Waals surface area contributed by atoms with Gasteiger partial charge in [0.25, 0.3) is 0 Å². The Bertz CT molecular complexity index is 1140. The van der Waals surface area contributed by atoms with Crippen molar-refractivity contribution in [3.8, 4) is 0 Å². The summed E-state index contributed by atoms with van der Waals surface area (Å²) < 4.78 is 66.7. The summed E-state index contributed by atoms with van der Waals surface area (Å²) in [6, 6.07) is 14.1. The smallest absolute Gasteiger partial charge is 0.223 e. The monoisotopic (exact) mass is 439 g/mol. The lowest BCUT2D eigenvalue weighted by Gasteiger charge is -2.18. The quantitative estimate of drug-likeness (QED) is 0.609. The number of sulfone groups is 1. The van der Waals surface area contributed by atoms with Crippen molar-refractivity contribution in [2.24, 2.45) is 0 Å². The first-order valence-corrected chi connectivity index (χ1v) is 12.2. The number of benzene rings is 2. The Morgan fingerprint density at radius 3 is 2.11 bits per heavy atom. The molecule has 1 aromatic heterocycles. The van der Waals surface area contributed by atoms with Gasteiger partial charge in [-0.3, -0.25) is 0 Å². The van der Waals surface area contributed by atoms with Gasteiger partial charge in [-0.2, -0.15) is 0 Å². The SMILES string of the molecule is Cc1ccc(S(=O)(=O)C(CNS(=O)(=O)c2ccc(F)cc2)c2cccs2)cc1. The molecule has 0 saturated heterocycles. The molecule has 0 bridgehead atoms. The molecule has 0 aliphatic heterocycles. The van der Waals surface area contributed by atoms with E-state index in [9.17, 15) is 21.2 Å². The van der Waals surface area contributed by atoms with Crippen LogP contribution in [0, 0.1) is 12.7 Å². The second-order valence-electron chi connectivity index (χ2n) is 6.17. The molecule has 0 saturated carbocycles. The average Bonchev–Trinajstić information content (AvgIpc) is 3.16. The molecule has 1 unspecified atom stereocenters. The fraction of sp³-hybridized carbons (Fsp3) is 0.158. The predicted octanol–water partition coefficient (Wildman–Crippen LogP) is 3.69. The molecule has 0 fully saturated rings. The molecule has 3 aromatic rings. The normalized spacial score (nSPS) is 13.4. The molecule has 3 rings (SSSR count). The lowest BCUT2D eigenvalue weighted by atomic mass is 10.2. The van der Waals surface area contributed by atoms with Crippen molar-refractivity contribution in [3.05, 3.63) is 82.3 Å². The highest BCUT2D eigenvalue weighted by atomic mass is 32.2. The predicted molar refractivity (Wildman–Crippen MR) is 107 cm³/mol. The van der Waals surface area contributed by atoms with Crippen molar-refractivity contribution in [2.75, 3.05) is 6.54 Å². The third-order valence-corrected chi connectivity index (χ3v) is 8.84. The molecule has 0 radical (unpaired) electrons. The van der Waals surface area contributed by atoms with E-state index in [1.807, 2.05) is 6.92 Å². The van der Waals surface area contributed by atoms with E-state index in [1.54, 1.807) is 29.6 Å². The Morgan fingerprint density at radius 2 is 1.54 bits per heavy atom. The summed E-state index contributed by atoms with van der Waals surface area (Å²) >= 11 is 1.24. The number of halogens is 1. The molecule has 1 atom stereocenters. The third-order valence-electron chi connectivity index (χ3n) is 4.17. The van der Waals surface area contributed by atoms with Gasteiger partial charge in [0.1, 0.15) is 11.1 Å². The van der Waals surface area contributed by atoms with E-state index in [2.05, 4.69) is 4.72 Å². The fourth-order valence-corrected chi connectivity index (χ4v) is 6.55. The van der Waals surface area contributed by atoms with Gasteiger partial charge in [0, 0.05) is 11.4 Å². The van der Waals surface area contributed by atoms with Crippen LogP contribution in [0.4, 0.5) is 4.39 Å². The van der Waals surface area contributed by atoms with Crippen molar-refractivity contribution in [2.45, 2.75) is 22.0 Å². The number of rotatable bonds is 7. The average molecular weight is 440 g/mol. The topological polar surface area (TPSA) is 80.3 Å². The summed E-state index contributed by atoms with van der Waals surface area (Å²) in [7, 11) is -7.82. The lowest BCUT2D eigenvalue weighted by molar-refractivity contribution is 0.569. The second kappa shape index (κ2) is 8.12. The maximum atomic E-state index is 13.2. The van der Waals surface area contributed by atoms with Crippen LogP contribution < -0.4 is 4.72 Å². The first kappa shape index (κ1) is 20.7. The molecular formula is C19H18FNO4S3. The number of thiophene rings is 1. The maximum Gasteiger partial charge on any atom is 0.240 e. The second-order valence-corrected chi connectivity index (χ2v) is 11.0. The Kier molecular flexibility index (Phi) is 5.99. The minimum Gasteiger partial charge on any atom is -0.223 e. The molecule has 2 aromatic carbocycles. The first-order valence-electron chi connectivity index (χ1n) is 8.29. The van der Waals surface area contributed by atoms with E-state index in [0.717, 1.165) is 29.8 Å². The van der Waals surface area contributed by atoms with E-state index in [-0.39, 0.29) is 16.3 Å². The van der Waals surface area contributed by atoms with Crippen molar-refractivity contribution in [1.82, 2.24) is 4.72 Å². The van der Waals surface area contributed by atoms with Crippen LogP contribution in [0.3, 0.4) is 0 Å². The van der Waals surface area contributed by atoms with Crippen LogP contribution in [0.25, 0.3) is 0 Å². The minimum absolute atomic E-state index is 0.123. The van der Waals surface area contributed by atoms with Crippen LogP contribution in [-0.2, 0) is 19.9 Å². The standard InChI is InChI=1S/C19H18FNO4S3/c1-14-4-8-16(9-5-14)27(22,23)19(18-3-2-12-26-18)13-21-28(24,25)17-10-6-15(20)7-11-17/h2-12,19,21H,13H2,1H3. The summed E-state index contributed by atoms with van der Waals surface area (Å²) in [5.41, 5.74) is 0.920. The fourth-order valence-electron chi connectivity index (χ4n) is 2.61. The summed E-state index contributed by atoms with van der Waals surface area (Å²) in [5.74, 6) is -0.558. The largest absolute Gasteiger partial charge is 0.240 e. The van der Waals surface area contributed by atoms with E-state index in [1.165, 1.54) is 23.5 Å². The van der Waals surface area contributed by atoms with Crippen LogP contribution in [0.15, 0.2) is 75.8 Å². The van der Waals surface area contributed by atoms with Gasteiger partial charge in [-0.15, -0.1) is 11.3 Å². The molecule has 9 heteroatoms. The lowest BCUT2D eigenvalue weighted by Crippen LogP contribution is -2.31. The minimum atomic E-state index is -3.99. The van der Waals surface area contributed by atoms with Gasteiger partial charge in [-0.05, 0) is 54.8 Å². The van der Waals surface area contributed by atoms with Crippen molar-refractivity contribution in [3.63, 3.8) is 0 Å². The molecule has 28 heavy (non-hydrogen) atoms. The highest BCUT2D eigenvalue weighted by Crippen LogP contribution is 2.32. The summed E-state index contributed by atoms with van der Waals surface area (Å²) in [6.45, 7) is 1.51. The molecular weight excluding hydrogens is 421 g/mol. The Balaban J connectivity index is 1.91. The summed E-state index contributed by atoms with van der Waals surface area (Å²) in [4.78, 5) is 0.520. The van der Waals surface area contributed by atoms with E-state index >= 15 is 0 Å². The molecule has 1 N–H and O–H groups in total. The Morgan fingerprint density at radius 1 is 0.929 bits per heavy atom. The molecule has 0 aliphatic carbocycles. The number of aryl methyl sites for hydroxylation is 1. The number of nitrogens with one attached hydrogen (secondary N) is 1. The first-order chi connectivity index (χ1) is 13.2. The Labute approximate surface area is 167 Å². The van der Waals surface area contributed by atoms with Gasteiger partial charge in [-0.1, -0.05) is 23.8 Å². The van der Waals surface area contributed by atoms with E-state index in [4.69, 9.17) is 0 Å². The van der Waals surface area contributed by atoms with Crippen molar-refractivity contribution < 1.29 is 21.2 Å². The molecule has 1 heterocycles. The van der Waals surface area contributed by atoms with Gasteiger partial charge in [0.2, 0.25) is 10.0 Å². The zero-order valence-corrected chi connectivity index (χ0v) is 17.3. The maximum absolute atomic E-state index is 13.2.